The van der Waals surface area contributed by atoms with Crippen molar-refractivity contribution in [3.63, 3.8) is 0 Å². The topological polar surface area (TPSA) is 68.8 Å². The summed E-state index contributed by atoms with van der Waals surface area (Å²) in [6.45, 7) is 0.199. The Morgan fingerprint density at radius 3 is 2.52 bits per heavy atom. The number of rotatable bonds is 7. The maximum absolute atomic E-state index is 11.8. The minimum Gasteiger partial charge on any atom is -0.497 e. The zero-order chi connectivity index (χ0) is 18.1. The largest absolute Gasteiger partial charge is 0.497 e. The molecule has 0 aliphatic heterocycles. The summed E-state index contributed by atoms with van der Waals surface area (Å²) in [6.07, 6.45) is 0. The number of esters is 1. The molecule has 2 rings (SSSR count). The first-order chi connectivity index (χ1) is 12.1. The van der Waals surface area contributed by atoms with Crippen LogP contribution in [0.1, 0.15) is 5.56 Å². The van der Waals surface area contributed by atoms with E-state index in [1.54, 1.807) is 32.4 Å². The molecule has 0 fully saturated rings. The lowest BCUT2D eigenvalue weighted by Crippen LogP contribution is -2.33. The summed E-state index contributed by atoms with van der Waals surface area (Å²) < 4.78 is 15.6. The number of methoxy groups -OCH3 is 2. The molecular weight excluding hydrogens is 340 g/mol. The van der Waals surface area contributed by atoms with Gasteiger partial charge in [0.2, 0.25) is 0 Å². The van der Waals surface area contributed by atoms with E-state index in [0.29, 0.717) is 22.3 Å². The second kappa shape index (κ2) is 9.48. The highest BCUT2D eigenvalue weighted by Crippen LogP contribution is 2.28. The zero-order valence-corrected chi connectivity index (χ0v) is 14.9. The molecule has 0 heterocycles. The minimum absolute atomic E-state index is 0.0306. The van der Waals surface area contributed by atoms with Crippen LogP contribution < -0.4 is 20.1 Å². The summed E-state index contributed by atoms with van der Waals surface area (Å²) in [5.41, 5.74) is 1.60. The summed E-state index contributed by atoms with van der Waals surface area (Å²) in [7, 11) is 3.13. The molecule has 0 saturated carbocycles. The molecule has 0 bridgehead atoms. The maximum Gasteiger partial charge on any atom is 0.325 e. The zero-order valence-electron chi connectivity index (χ0n) is 14.1. The number of ether oxygens (including phenoxy) is 3. The van der Waals surface area contributed by atoms with E-state index in [2.05, 4.69) is 10.6 Å². The summed E-state index contributed by atoms with van der Waals surface area (Å²) in [5.74, 6) is 0.857. The number of anilines is 1. The molecule has 2 aromatic rings. The van der Waals surface area contributed by atoms with Gasteiger partial charge in [-0.3, -0.25) is 4.79 Å². The molecule has 0 atom stereocenters. The maximum atomic E-state index is 11.8. The molecule has 0 saturated heterocycles. The summed E-state index contributed by atoms with van der Waals surface area (Å²) >= 11 is 5.18. The van der Waals surface area contributed by atoms with Gasteiger partial charge in [0, 0.05) is 6.07 Å². The van der Waals surface area contributed by atoms with Gasteiger partial charge in [-0.15, -0.1) is 0 Å². The van der Waals surface area contributed by atoms with Crippen molar-refractivity contribution >= 4 is 29.0 Å². The van der Waals surface area contributed by atoms with Crippen molar-refractivity contribution in [3.05, 3.63) is 54.1 Å². The van der Waals surface area contributed by atoms with E-state index in [1.807, 2.05) is 30.3 Å². The number of benzene rings is 2. The Kier molecular flexibility index (Phi) is 7.03. The van der Waals surface area contributed by atoms with E-state index in [1.165, 1.54) is 0 Å². The predicted molar refractivity (Wildman–Crippen MR) is 100 cm³/mol. The molecule has 0 aliphatic rings. The van der Waals surface area contributed by atoms with Crippen LogP contribution in [0.4, 0.5) is 5.69 Å². The van der Waals surface area contributed by atoms with Gasteiger partial charge in [-0.05, 0) is 29.9 Å². The Morgan fingerprint density at radius 1 is 1.08 bits per heavy atom. The van der Waals surface area contributed by atoms with Crippen molar-refractivity contribution in [1.82, 2.24) is 5.32 Å². The van der Waals surface area contributed by atoms with Gasteiger partial charge in [0.25, 0.3) is 0 Å². The SMILES string of the molecule is COc1ccc(NC(=S)NCC(=O)OCc2ccccc2)c(OC)c1. The standard InChI is InChI=1S/C18H20N2O4S/c1-22-14-8-9-15(16(10-14)23-2)20-18(25)19-11-17(21)24-12-13-6-4-3-5-7-13/h3-10H,11-12H2,1-2H3,(H2,19,20,25). The highest BCUT2D eigenvalue weighted by molar-refractivity contribution is 7.80. The fourth-order valence-corrected chi connectivity index (χ4v) is 2.19. The first-order valence-corrected chi connectivity index (χ1v) is 7.99. The van der Waals surface area contributed by atoms with Crippen LogP contribution in [0, 0.1) is 0 Å². The molecule has 2 aromatic carbocycles. The number of carbonyl (C=O) groups excluding carboxylic acids is 1. The average Bonchev–Trinajstić information content (AvgIpc) is 2.65. The van der Waals surface area contributed by atoms with E-state index in [0.717, 1.165) is 5.56 Å². The van der Waals surface area contributed by atoms with E-state index in [4.69, 9.17) is 26.4 Å². The molecule has 0 aromatic heterocycles. The quantitative estimate of drug-likeness (QED) is 0.581. The predicted octanol–water partition coefficient (Wildman–Crippen LogP) is 2.73. The fourth-order valence-electron chi connectivity index (χ4n) is 2.01. The van der Waals surface area contributed by atoms with Crippen LogP contribution in [-0.2, 0) is 16.1 Å². The lowest BCUT2D eigenvalue weighted by molar-refractivity contribution is -0.143. The van der Waals surface area contributed by atoms with Crippen LogP contribution >= 0.6 is 12.2 Å². The monoisotopic (exact) mass is 360 g/mol. The van der Waals surface area contributed by atoms with Crippen molar-refractivity contribution in [3.8, 4) is 11.5 Å². The van der Waals surface area contributed by atoms with Crippen LogP contribution in [0.3, 0.4) is 0 Å². The van der Waals surface area contributed by atoms with Crippen LogP contribution in [0.5, 0.6) is 11.5 Å². The molecule has 2 N–H and O–H groups in total. The molecule has 0 radical (unpaired) electrons. The Bertz CT molecular complexity index is 722. The molecule has 7 heteroatoms. The van der Waals surface area contributed by atoms with Crippen LogP contribution in [-0.4, -0.2) is 31.8 Å². The first-order valence-electron chi connectivity index (χ1n) is 7.59. The Labute approximate surface area is 152 Å². The van der Waals surface area contributed by atoms with Gasteiger partial charge in [-0.2, -0.15) is 0 Å². The third kappa shape index (κ3) is 5.96. The highest BCUT2D eigenvalue weighted by Gasteiger charge is 2.08. The summed E-state index contributed by atoms with van der Waals surface area (Å²) in [6, 6.07) is 14.8. The molecule has 6 nitrogen and oxygen atoms in total. The van der Waals surface area contributed by atoms with Gasteiger partial charge in [-0.1, -0.05) is 30.3 Å². The Hall–Kier alpha value is -2.80. The number of hydrogen-bond acceptors (Lipinski definition) is 5. The van der Waals surface area contributed by atoms with Crippen molar-refractivity contribution in [2.75, 3.05) is 26.1 Å². The molecule has 0 spiro atoms. The Morgan fingerprint density at radius 2 is 1.84 bits per heavy atom. The summed E-state index contributed by atoms with van der Waals surface area (Å²) in [4.78, 5) is 11.8. The van der Waals surface area contributed by atoms with Gasteiger partial charge >= 0.3 is 5.97 Å². The van der Waals surface area contributed by atoms with Gasteiger partial charge < -0.3 is 24.8 Å². The van der Waals surface area contributed by atoms with Crippen LogP contribution in [0.15, 0.2) is 48.5 Å². The van der Waals surface area contributed by atoms with Crippen LogP contribution in [0.2, 0.25) is 0 Å². The molecule has 0 unspecified atom stereocenters. The van der Waals surface area contributed by atoms with Crippen molar-refractivity contribution in [1.29, 1.82) is 0 Å². The summed E-state index contributed by atoms with van der Waals surface area (Å²) in [5, 5.41) is 6.07. The molecule has 0 amide bonds. The molecule has 0 aliphatic carbocycles. The van der Waals surface area contributed by atoms with Gasteiger partial charge in [0.1, 0.15) is 24.7 Å². The second-order valence-electron chi connectivity index (χ2n) is 5.02. The number of carbonyl (C=O) groups is 1. The highest BCUT2D eigenvalue weighted by atomic mass is 32.1. The lowest BCUT2D eigenvalue weighted by Gasteiger charge is -2.14. The van der Waals surface area contributed by atoms with Crippen molar-refractivity contribution in [2.45, 2.75) is 6.61 Å². The fraction of sp³-hybridized carbons (Fsp3) is 0.222. The van der Waals surface area contributed by atoms with Gasteiger partial charge in [0.15, 0.2) is 5.11 Å². The lowest BCUT2D eigenvalue weighted by atomic mass is 10.2. The number of hydrogen-bond donors (Lipinski definition) is 2. The smallest absolute Gasteiger partial charge is 0.325 e. The van der Waals surface area contributed by atoms with Crippen molar-refractivity contribution in [2.24, 2.45) is 0 Å². The number of thiocarbonyl (C=S) groups is 1. The van der Waals surface area contributed by atoms with E-state index in [-0.39, 0.29) is 13.2 Å². The van der Waals surface area contributed by atoms with E-state index < -0.39 is 5.97 Å². The Balaban J connectivity index is 1.79. The van der Waals surface area contributed by atoms with Gasteiger partial charge in [0.05, 0.1) is 19.9 Å². The minimum atomic E-state index is -0.394. The molecule has 132 valence electrons. The second-order valence-corrected chi connectivity index (χ2v) is 5.43. The molecular formula is C18H20N2O4S. The van der Waals surface area contributed by atoms with Crippen molar-refractivity contribution < 1.29 is 19.0 Å². The van der Waals surface area contributed by atoms with Gasteiger partial charge in [-0.25, -0.2) is 0 Å². The van der Waals surface area contributed by atoms with E-state index >= 15 is 0 Å². The average molecular weight is 360 g/mol. The first kappa shape index (κ1) is 18.5. The number of nitrogens with one attached hydrogen (secondary N) is 2. The third-order valence-electron chi connectivity index (χ3n) is 3.29. The third-order valence-corrected chi connectivity index (χ3v) is 3.54. The normalized spacial score (nSPS) is 9.84. The molecule has 25 heavy (non-hydrogen) atoms. The van der Waals surface area contributed by atoms with E-state index in [9.17, 15) is 4.79 Å². The van der Waals surface area contributed by atoms with Crippen LogP contribution in [0.25, 0.3) is 0 Å².